The van der Waals surface area contributed by atoms with Crippen LogP contribution >= 0.6 is 0 Å². The van der Waals surface area contributed by atoms with E-state index in [1.165, 1.54) is 0 Å². The number of amides is 1. The number of nitrogens with one attached hydrogen (secondary N) is 1. The van der Waals surface area contributed by atoms with Crippen LogP contribution in [0.2, 0.25) is 0 Å². The van der Waals surface area contributed by atoms with E-state index in [-0.39, 0.29) is 12.0 Å². The summed E-state index contributed by atoms with van der Waals surface area (Å²) >= 11 is 0. The first-order valence-corrected chi connectivity index (χ1v) is 6.43. The summed E-state index contributed by atoms with van der Waals surface area (Å²) in [5, 5.41) is 2.82. The molecule has 0 radical (unpaired) electrons. The number of carbonyl (C=O) groups is 1. The van der Waals surface area contributed by atoms with Crippen molar-refractivity contribution in [2.75, 3.05) is 37.8 Å². The first-order valence-electron chi connectivity index (χ1n) is 6.43. The Kier molecular flexibility index (Phi) is 6.32. The van der Waals surface area contributed by atoms with Crippen LogP contribution in [0, 0.1) is 0 Å². The predicted octanol–water partition coefficient (Wildman–Crippen LogP) is 1.56. The van der Waals surface area contributed by atoms with Gasteiger partial charge in [-0.15, -0.1) is 0 Å². The molecule has 0 fully saturated rings. The van der Waals surface area contributed by atoms with E-state index in [4.69, 9.17) is 10.5 Å². The number of hydrogen-bond acceptors (Lipinski definition) is 4. The van der Waals surface area contributed by atoms with Crippen molar-refractivity contribution in [1.29, 1.82) is 0 Å². The Hall–Kier alpha value is -1.59. The Morgan fingerprint density at radius 3 is 2.58 bits per heavy atom. The first-order chi connectivity index (χ1) is 8.97. The van der Waals surface area contributed by atoms with Gasteiger partial charge in [-0.25, -0.2) is 0 Å². The molecule has 106 valence electrons. The molecule has 0 saturated carbocycles. The number of carbonyl (C=O) groups excluding carboxylic acids is 1. The molecule has 3 N–H and O–H groups in total. The van der Waals surface area contributed by atoms with Gasteiger partial charge in [-0.3, -0.25) is 9.69 Å². The molecule has 0 aliphatic rings. The maximum atomic E-state index is 11.8. The lowest BCUT2D eigenvalue weighted by molar-refractivity contribution is -0.117. The van der Waals surface area contributed by atoms with Gasteiger partial charge >= 0.3 is 0 Å². The third-order valence-electron chi connectivity index (χ3n) is 2.53. The Balaban J connectivity index is 2.28. The molecular formula is C14H23N3O2. The highest BCUT2D eigenvalue weighted by atomic mass is 16.5. The molecule has 1 rings (SSSR count). The molecule has 1 amide bonds. The number of nitrogen functional groups attached to an aromatic ring is 1. The van der Waals surface area contributed by atoms with E-state index in [2.05, 4.69) is 5.32 Å². The summed E-state index contributed by atoms with van der Waals surface area (Å²) in [5.74, 6) is -0.0446. The third-order valence-corrected chi connectivity index (χ3v) is 2.53. The van der Waals surface area contributed by atoms with Gasteiger partial charge in [-0.05, 0) is 45.2 Å². The summed E-state index contributed by atoms with van der Waals surface area (Å²) in [6, 6.07) is 7.09. The van der Waals surface area contributed by atoms with Gasteiger partial charge in [0.05, 0.1) is 19.3 Å². The van der Waals surface area contributed by atoms with E-state index in [1.54, 1.807) is 24.3 Å². The average molecular weight is 265 g/mol. The molecule has 0 saturated heterocycles. The van der Waals surface area contributed by atoms with Gasteiger partial charge in [-0.2, -0.15) is 0 Å². The van der Waals surface area contributed by atoms with Crippen molar-refractivity contribution >= 4 is 17.3 Å². The fourth-order valence-electron chi connectivity index (χ4n) is 1.54. The van der Waals surface area contributed by atoms with Crippen molar-refractivity contribution in [1.82, 2.24) is 4.90 Å². The molecule has 1 aromatic rings. The summed E-state index contributed by atoms with van der Waals surface area (Å²) in [5.41, 5.74) is 7.02. The number of nitrogens with two attached hydrogens (primary N) is 1. The minimum atomic E-state index is -0.0446. The first kappa shape index (κ1) is 15.5. The second-order valence-corrected chi connectivity index (χ2v) is 4.83. The normalized spacial score (nSPS) is 11.0. The van der Waals surface area contributed by atoms with Crippen molar-refractivity contribution in [2.45, 2.75) is 20.0 Å². The summed E-state index contributed by atoms with van der Waals surface area (Å²) < 4.78 is 5.44. The van der Waals surface area contributed by atoms with Crippen LogP contribution in [0.25, 0.3) is 0 Å². The second kappa shape index (κ2) is 7.76. The Labute approximate surface area is 114 Å². The van der Waals surface area contributed by atoms with Crippen LogP contribution in [0.3, 0.4) is 0 Å². The summed E-state index contributed by atoms with van der Waals surface area (Å²) in [6.07, 6.45) is 0.219. The molecule has 0 unspecified atom stereocenters. The van der Waals surface area contributed by atoms with E-state index < -0.39 is 0 Å². The SMILES string of the molecule is CC(C)OCCN(C)CC(=O)Nc1ccc(N)cc1. The number of hydrogen-bond donors (Lipinski definition) is 2. The van der Waals surface area contributed by atoms with Crippen LogP contribution in [-0.4, -0.2) is 43.7 Å². The van der Waals surface area contributed by atoms with E-state index in [9.17, 15) is 4.79 Å². The molecule has 0 aliphatic heterocycles. The topological polar surface area (TPSA) is 67.6 Å². The van der Waals surface area contributed by atoms with Gasteiger partial charge in [0.25, 0.3) is 0 Å². The van der Waals surface area contributed by atoms with Crippen molar-refractivity contribution in [3.05, 3.63) is 24.3 Å². The summed E-state index contributed by atoms with van der Waals surface area (Å²) in [4.78, 5) is 13.7. The molecule has 19 heavy (non-hydrogen) atoms. The lowest BCUT2D eigenvalue weighted by atomic mass is 10.3. The molecular weight excluding hydrogens is 242 g/mol. The van der Waals surface area contributed by atoms with Crippen LogP contribution in [0.5, 0.6) is 0 Å². The number of rotatable bonds is 7. The van der Waals surface area contributed by atoms with E-state index in [0.29, 0.717) is 18.8 Å². The summed E-state index contributed by atoms with van der Waals surface area (Å²) in [7, 11) is 1.90. The summed E-state index contributed by atoms with van der Waals surface area (Å²) in [6.45, 7) is 5.68. The van der Waals surface area contributed by atoms with E-state index in [1.807, 2.05) is 25.8 Å². The van der Waals surface area contributed by atoms with Gasteiger partial charge in [0.15, 0.2) is 0 Å². The zero-order valence-electron chi connectivity index (χ0n) is 11.8. The van der Waals surface area contributed by atoms with Crippen LogP contribution < -0.4 is 11.1 Å². The molecule has 5 heteroatoms. The number of ether oxygens (including phenoxy) is 1. The Morgan fingerprint density at radius 2 is 2.00 bits per heavy atom. The molecule has 0 aliphatic carbocycles. The van der Waals surface area contributed by atoms with E-state index >= 15 is 0 Å². The van der Waals surface area contributed by atoms with Crippen molar-refractivity contribution in [3.8, 4) is 0 Å². The highest BCUT2D eigenvalue weighted by Gasteiger charge is 2.07. The van der Waals surface area contributed by atoms with E-state index in [0.717, 1.165) is 12.2 Å². The predicted molar refractivity (Wildman–Crippen MR) is 78.1 cm³/mol. The number of anilines is 2. The Bertz CT molecular complexity index is 390. The highest BCUT2D eigenvalue weighted by molar-refractivity contribution is 5.92. The van der Waals surface area contributed by atoms with Gasteiger partial charge < -0.3 is 15.8 Å². The quantitative estimate of drug-likeness (QED) is 0.734. The lowest BCUT2D eigenvalue weighted by Crippen LogP contribution is -2.32. The zero-order valence-corrected chi connectivity index (χ0v) is 11.8. The average Bonchev–Trinajstić information content (AvgIpc) is 2.31. The maximum Gasteiger partial charge on any atom is 0.238 e. The maximum absolute atomic E-state index is 11.8. The van der Waals surface area contributed by atoms with Crippen molar-refractivity contribution < 1.29 is 9.53 Å². The highest BCUT2D eigenvalue weighted by Crippen LogP contribution is 2.10. The largest absolute Gasteiger partial charge is 0.399 e. The van der Waals surface area contributed by atoms with Gasteiger partial charge in [0.1, 0.15) is 0 Å². The van der Waals surface area contributed by atoms with Crippen LogP contribution in [-0.2, 0) is 9.53 Å². The second-order valence-electron chi connectivity index (χ2n) is 4.83. The molecule has 0 bridgehead atoms. The third kappa shape index (κ3) is 6.79. The standard InChI is InChI=1S/C14H23N3O2/c1-11(2)19-9-8-17(3)10-14(18)16-13-6-4-12(15)5-7-13/h4-7,11H,8-10,15H2,1-3H3,(H,16,18). The monoisotopic (exact) mass is 265 g/mol. The smallest absolute Gasteiger partial charge is 0.238 e. The fourth-order valence-corrected chi connectivity index (χ4v) is 1.54. The zero-order chi connectivity index (χ0) is 14.3. The van der Waals surface area contributed by atoms with Crippen LogP contribution in [0.1, 0.15) is 13.8 Å². The minimum Gasteiger partial charge on any atom is -0.399 e. The Morgan fingerprint density at radius 1 is 1.37 bits per heavy atom. The number of likely N-dealkylation sites (N-methyl/N-ethyl adjacent to an activating group) is 1. The molecule has 0 atom stereocenters. The molecule has 0 heterocycles. The van der Waals surface area contributed by atoms with Gasteiger partial charge in [0.2, 0.25) is 5.91 Å². The molecule has 5 nitrogen and oxygen atoms in total. The van der Waals surface area contributed by atoms with Crippen LogP contribution in [0.15, 0.2) is 24.3 Å². The van der Waals surface area contributed by atoms with Crippen molar-refractivity contribution in [2.24, 2.45) is 0 Å². The van der Waals surface area contributed by atoms with Crippen molar-refractivity contribution in [3.63, 3.8) is 0 Å². The van der Waals surface area contributed by atoms with Gasteiger partial charge in [0, 0.05) is 17.9 Å². The van der Waals surface area contributed by atoms with Gasteiger partial charge in [-0.1, -0.05) is 0 Å². The minimum absolute atomic E-state index is 0.0446. The number of nitrogens with zero attached hydrogens (tertiary/aromatic N) is 1. The molecule has 1 aromatic carbocycles. The fraction of sp³-hybridized carbons (Fsp3) is 0.500. The van der Waals surface area contributed by atoms with Crippen LogP contribution in [0.4, 0.5) is 11.4 Å². The molecule has 0 spiro atoms. The molecule has 0 aromatic heterocycles. The lowest BCUT2D eigenvalue weighted by Gasteiger charge is -2.17. The number of benzene rings is 1.